The second kappa shape index (κ2) is 7.56. The monoisotopic (exact) mass is 329 g/mol. The van der Waals surface area contributed by atoms with Crippen molar-refractivity contribution in [2.24, 2.45) is 11.8 Å². The van der Waals surface area contributed by atoms with Crippen molar-refractivity contribution >= 4 is 11.3 Å². The molecule has 4 heteroatoms. The highest BCUT2D eigenvalue weighted by atomic mass is 32.1. The minimum atomic E-state index is 0.643. The minimum absolute atomic E-state index is 0.643. The number of piperidine rings is 1. The molecule has 2 aromatic rings. The first-order valence-electron chi connectivity index (χ1n) is 8.47. The molecule has 1 aliphatic heterocycles. The fourth-order valence-corrected chi connectivity index (χ4v) is 4.83. The zero-order valence-electron chi connectivity index (χ0n) is 14.4. The molecule has 23 heavy (non-hydrogen) atoms. The molecule has 2 heterocycles. The molecule has 124 valence electrons. The molecule has 0 N–H and O–H groups in total. The maximum Gasteiger partial charge on any atom is 0.0794 e. The lowest BCUT2D eigenvalue weighted by molar-refractivity contribution is 0.0295. The molecule has 1 aliphatic rings. The van der Waals surface area contributed by atoms with Crippen molar-refractivity contribution in [2.75, 3.05) is 20.1 Å². The highest BCUT2D eigenvalue weighted by Gasteiger charge is 2.34. The van der Waals surface area contributed by atoms with Crippen LogP contribution in [0.5, 0.6) is 0 Å². The SMILES string of the molecule is C[C@H]1CN(Cc2ccccc2)C[C@H](C)C1N(C)Cc1cncs1. The topological polar surface area (TPSA) is 19.4 Å². The van der Waals surface area contributed by atoms with Crippen molar-refractivity contribution in [1.29, 1.82) is 0 Å². The highest BCUT2D eigenvalue weighted by Crippen LogP contribution is 2.28. The molecule has 1 saturated heterocycles. The Morgan fingerprint density at radius 2 is 1.87 bits per heavy atom. The van der Waals surface area contributed by atoms with Crippen LogP contribution < -0.4 is 0 Å². The number of aromatic nitrogens is 1. The van der Waals surface area contributed by atoms with Gasteiger partial charge in [-0.3, -0.25) is 14.8 Å². The summed E-state index contributed by atoms with van der Waals surface area (Å²) >= 11 is 1.76. The molecule has 0 saturated carbocycles. The summed E-state index contributed by atoms with van der Waals surface area (Å²) in [7, 11) is 2.27. The van der Waals surface area contributed by atoms with Gasteiger partial charge in [0, 0.05) is 43.3 Å². The lowest BCUT2D eigenvalue weighted by atomic mass is 9.84. The second-order valence-electron chi connectivity index (χ2n) is 7.01. The summed E-state index contributed by atoms with van der Waals surface area (Å²) in [5.41, 5.74) is 3.35. The van der Waals surface area contributed by atoms with Gasteiger partial charge in [0.1, 0.15) is 0 Å². The second-order valence-corrected chi connectivity index (χ2v) is 7.98. The first kappa shape index (κ1) is 16.6. The molecule has 0 bridgehead atoms. The Labute approximate surface area is 144 Å². The minimum Gasteiger partial charge on any atom is -0.298 e. The van der Waals surface area contributed by atoms with Crippen LogP contribution in [0.1, 0.15) is 24.3 Å². The molecule has 0 unspecified atom stereocenters. The molecule has 0 radical (unpaired) electrons. The van der Waals surface area contributed by atoms with Crippen molar-refractivity contribution in [1.82, 2.24) is 14.8 Å². The molecule has 1 aromatic carbocycles. The molecule has 1 fully saturated rings. The third kappa shape index (κ3) is 4.19. The molecule has 2 atom stereocenters. The van der Waals surface area contributed by atoms with E-state index < -0.39 is 0 Å². The molecular weight excluding hydrogens is 302 g/mol. The van der Waals surface area contributed by atoms with Crippen LogP contribution in [0.3, 0.4) is 0 Å². The van der Waals surface area contributed by atoms with E-state index in [1.165, 1.54) is 23.5 Å². The Bertz CT molecular complexity index is 572. The summed E-state index contributed by atoms with van der Waals surface area (Å²) in [6.07, 6.45) is 2.00. The smallest absolute Gasteiger partial charge is 0.0794 e. The van der Waals surface area contributed by atoms with E-state index in [9.17, 15) is 0 Å². The highest BCUT2D eigenvalue weighted by molar-refractivity contribution is 7.09. The largest absolute Gasteiger partial charge is 0.298 e. The van der Waals surface area contributed by atoms with Crippen LogP contribution in [-0.4, -0.2) is 41.0 Å². The number of likely N-dealkylation sites (tertiary alicyclic amines) is 1. The third-order valence-corrected chi connectivity index (χ3v) is 5.67. The fraction of sp³-hybridized carbons (Fsp3) is 0.526. The number of hydrogen-bond acceptors (Lipinski definition) is 4. The Kier molecular flexibility index (Phi) is 5.46. The van der Waals surface area contributed by atoms with Gasteiger partial charge in [-0.2, -0.15) is 0 Å². The van der Waals surface area contributed by atoms with E-state index in [-0.39, 0.29) is 0 Å². The summed E-state index contributed by atoms with van der Waals surface area (Å²) in [6, 6.07) is 11.5. The molecule has 0 spiro atoms. The zero-order chi connectivity index (χ0) is 16.2. The maximum atomic E-state index is 4.20. The van der Waals surface area contributed by atoms with E-state index in [1.54, 1.807) is 11.3 Å². The third-order valence-electron chi connectivity index (χ3n) is 4.91. The summed E-state index contributed by atoms with van der Waals surface area (Å²) in [5.74, 6) is 1.36. The van der Waals surface area contributed by atoms with Crippen LogP contribution in [0.15, 0.2) is 42.0 Å². The molecule has 1 aromatic heterocycles. The van der Waals surface area contributed by atoms with Gasteiger partial charge in [0.25, 0.3) is 0 Å². The summed E-state index contributed by atoms with van der Waals surface area (Å²) < 4.78 is 0. The van der Waals surface area contributed by atoms with Gasteiger partial charge in [-0.1, -0.05) is 44.2 Å². The van der Waals surface area contributed by atoms with Crippen molar-refractivity contribution in [3.8, 4) is 0 Å². The maximum absolute atomic E-state index is 4.20. The van der Waals surface area contributed by atoms with E-state index >= 15 is 0 Å². The van der Waals surface area contributed by atoms with Crippen LogP contribution in [-0.2, 0) is 13.1 Å². The Balaban J connectivity index is 1.60. The van der Waals surface area contributed by atoms with E-state index in [0.717, 1.165) is 13.1 Å². The summed E-state index contributed by atoms with van der Waals surface area (Å²) in [5, 5.41) is 0. The number of rotatable bonds is 5. The van der Waals surface area contributed by atoms with E-state index in [1.807, 2.05) is 11.7 Å². The first-order valence-corrected chi connectivity index (χ1v) is 9.35. The average Bonchev–Trinajstić information content (AvgIpc) is 3.00. The van der Waals surface area contributed by atoms with Gasteiger partial charge < -0.3 is 0 Å². The van der Waals surface area contributed by atoms with Crippen LogP contribution >= 0.6 is 11.3 Å². The van der Waals surface area contributed by atoms with Gasteiger partial charge in [0.2, 0.25) is 0 Å². The van der Waals surface area contributed by atoms with Crippen molar-refractivity contribution in [2.45, 2.75) is 33.0 Å². The molecule has 0 aliphatic carbocycles. The van der Waals surface area contributed by atoms with E-state index in [2.05, 4.69) is 66.0 Å². The normalized spacial score (nSPS) is 23.5. The van der Waals surface area contributed by atoms with Crippen molar-refractivity contribution in [3.63, 3.8) is 0 Å². The Morgan fingerprint density at radius 1 is 1.17 bits per heavy atom. The van der Waals surface area contributed by atoms with Gasteiger partial charge in [-0.25, -0.2) is 0 Å². The number of hydrogen-bond donors (Lipinski definition) is 0. The van der Waals surface area contributed by atoms with Crippen LogP contribution in [0.2, 0.25) is 0 Å². The zero-order valence-corrected chi connectivity index (χ0v) is 15.2. The lowest BCUT2D eigenvalue weighted by Crippen LogP contribution is -2.53. The van der Waals surface area contributed by atoms with Crippen molar-refractivity contribution < 1.29 is 0 Å². The van der Waals surface area contributed by atoms with Crippen LogP contribution in [0.4, 0.5) is 0 Å². The Morgan fingerprint density at radius 3 is 2.48 bits per heavy atom. The van der Waals surface area contributed by atoms with Gasteiger partial charge in [0.15, 0.2) is 0 Å². The van der Waals surface area contributed by atoms with Gasteiger partial charge in [0.05, 0.1) is 5.51 Å². The molecule has 3 nitrogen and oxygen atoms in total. The Hall–Kier alpha value is -1.23. The molecule has 0 amide bonds. The summed E-state index contributed by atoms with van der Waals surface area (Å²) in [6.45, 7) is 9.25. The lowest BCUT2D eigenvalue weighted by Gasteiger charge is -2.45. The van der Waals surface area contributed by atoms with Gasteiger partial charge in [-0.15, -0.1) is 11.3 Å². The van der Waals surface area contributed by atoms with Crippen LogP contribution in [0.25, 0.3) is 0 Å². The van der Waals surface area contributed by atoms with Crippen LogP contribution in [0, 0.1) is 11.8 Å². The first-order chi connectivity index (χ1) is 11.1. The fourth-order valence-electron chi connectivity index (χ4n) is 4.18. The van der Waals surface area contributed by atoms with Crippen molar-refractivity contribution in [3.05, 3.63) is 52.5 Å². The van der Waals surface area contributed by atoms with E-state index in [0.29, 0.717) is 17.9 Å². The molecular formula is C19H27N3S. The quantitative estimate of drug-likeness (QED) is 0.833. The average molecular weight is 330 g/mol. The standard InChI is InChI=1S/C19H27N3S/c1-15-10-22(12-17-7-5-4-6-8-17)11-16(2)19(15)21(3)13-18-9-20-14-23-18/h4-9,14-16,19H,10-13H2,1-3H3/t15-,16-/m0/s1. The number of benzene rings is 1. The summed E-state index contributed by atoms with van der Waals surface area (Å²) in [4.78, 5) is 10.7. The molecule has 3 rings (SSSR count). The van der Waals surface area contributed by atoms with E-state index in [4.69, 9.17) is 0 Å². The van der Waals surface area contributed by atoms with Gasteiger partial charge >= 0.3 is 0 Å². The predicted octanol–water partition coefficient (Wildman–Crippen LogP) is 3.73. The number of nitrogens with zero attached hydrogens (tertiary/aromatic N) is 3. The number of thiazole rings is 1. The van der Waals surface area contributed by atoms with Gasteiger partial charge in [-0.05, 0) is 24.4 Å². The predicted molar refractivity (Wildman–Crippen MR) is 97.4 cm³/mol.